The van der Waals surface area contributed by atoms with Crippen molar-refractivity contribution in [3.8, 4) is 28.4 Å². The Hall–Kier alpha value is -4.83. The molecule has 0 unspecified atom stereocenters. The molecule has 1 N–H and O–H groups in total. The fraction of sp³-hybridized carbons (Fsp3) is 0.205. The maximum absolute atomic E-state index is 14.1. The molecule has 0 heterocycles. The maximum atomic E-state index is 14.1. The minimum absolute atomic E-state index is 0.183. The largest absolute Gasteiger partial charge is 0.507 e. The molecule has 5 aromatic rings. The van der Waals surface area contributed by atoms with Crippen LogP contribution in [0.25, 0.3) is 32.7 Å². The van der Waals surface area contributed by atoms with Gasteiger partial charge in [-0.1, -0.05) is 96.1 Å². The Morgan fingerprint density at radius 1 is 0.814 bits per heavy atom. The smallest absolute Gasteiger partial charge is 0.319 e. The minimum atomic E-state index is -0.510. The summed E-state index contributed by atoms with van der Waals surface area (Å²) in [5.41, 5.74) is 5.00. The van der Waals surface area contributed by atoms with Crippen molar-refractivity contribution < 1.29 is 19.4 Å². The van der Waals surface area contributed by atoms with E-state index in [2.05, 4.69) is 32.9 Å². The molecule has 0 aliphatic carbocycles. The Kier molecular flexibility index (Phi) is 9.26. The van der Waals surface area contributed by atoms with E-state index < -0.39 is 5.92 Å². The number of phenols is 1. The number of carbonyl (C=O) groups is 1. The average Bonchev–Trinajstić information content (AvgIpc) is 3.01. The van der Waals surface area contributed by atoms with Gasteiger partial charge in [0.15, 0.2) is 0 Å². The first kappa shape index (κ1) is 29.7. The van der Waals surface area contributed by atoms with E-state index >= 15 is 0 Å². The molecule has 218 valence electrons. The predicted molar refractivity (Wildman–Crippen MR) is 177 cm³/mol. The van der Waals surface area contributed by atoms with Crippen LogP contribution in [-0.4, -0.2) is 18.2 Å². The van der Waals surface area contributed by atoms with Crippen molar-refractivity contribution in [2.24, 2.45) is 0 Å². The van der Waals surface area contributed by atoms with E-state index in [1.807, 2.05) is 91.0 Å². The zero-order valence-electron chi connectivity index (χ0n) is 25.3. The van der Waals surface area contributed by atoms with Gasteiger partial charge in [-0.05, 0) is 91.6 Å². The summed E-state index contributed by atoms with van der Waals surface area (Å²) in [6.07, 6.45) is 6.82. The van der Waals surface area contributed by atoms with Gasteiger partial charge in [0.2, 0.25) is 0 Å². The van der Waals surface area contributed by atoms with Crippen LogP contribution in [0.3, 0.4) is 0 Å². The van der Waals surface area contributed by atoms with Gasteiger partial charge in [0.1, 0.15) is 17.2 Å². The van der Waals surface area contributed by atoms with Crippen LogP contribution in [0.4, 0.5) is 0 Å². The number of aromatic hydroxyl groups is 1. The molecule has 43 heavy (non-hydrogen) atoms. The monoisotopic (exact) mass is 570 g/mol. The van der Waals surface area contributed by atoms with E-state index in [-0.39, 0.29) is 11.7 Å². The highest BCUT2D eigenvalue weighted by Crippen LogP contribution is 2.43. The fourth-order valence-corrected chi connectivity index (χ4v) is 5.54. The number of hydrogen-bond donors (Lipinski definition) is 1. The summed E-state index contributed by atoms with van der Waals surface area (Å²) in [7, 11) is 1.63. The van der Waals surface area contributed by atoms with Gasteiger partial charge in [-0.15, -0.1) is 0 Å². The van der Waals surface area contributed by atoms with Crippen LogP contribution in [0.1, 0.15) is 51.5 Å². The summed E-state index contributed by atoms with van der Waals surface area (Å²) < 4.78 is 11.7. The highest BCUT2D eigenvalue weighted by Gasteiger charge is 2.25. The zero-order valence-corrected chi connectivity index (χ0v) is 25.3. The van der Waals surface area contributed by atoms with Gasteiger partial charge in [0, 0.05) is 10.9 Å². The normalized spacial score (nSPS) is 12.2. The third-order valence-electron chi connectivity index (χ3n) is 7.85. The van der Waals surface area contributed by atoms with E-state index in [9.17, 15) is 9.90 Å². The number of phenolic OH excluding ortho intramolecular Hbond substituents is 1. The molecule has 1 atom stereocenters. The number of esters is 1. The van der Waals surface area contributed by atoms with Crippen molar-refractivity contribution in [2.75, 3.05) is 7.11 Å². The summed E-state index contributed by atoms with van der Waals surface area (Å²) in [4.78, 5) is 14.1. The molecule has 4 nitrogen and oxygen atoms in total. The van der Waals surface area contributed by atoms with Crippen LogP contribution >= 0.6 is 0 Å². The molecule has 5 aromatic carbocycles. The predicted octanol–water partition coefficient (Wildman–Crippen LogP) is 10.1. The summed E-state index contributed by atoms with van der Waals surface area (Å²) in [5.74, 6) is 0.534. The lowest BCUT2D eigenvalue weighted by Crippen LogP contribution is -2.19. The first-order chi connectivity index (χ1) is 20.9. The number of hydrogen-bond acceptors (Lipinski definition) is 4. The van der Waals surface area contributed by atoms with Crippen molar-refractivity contribution in [2.45, 2.75) is 46.0 Å². The number of methoxy groups -OCH3 is 1. The SMILES string of the molecule is COc1ccc([C@H](C/C=C(\C)CCC=C(C)C)C(=O)Oc2ccc3ccccc3c2-c2cccc3cccc(O)c23)cc1. The van der Waals surface area contributed by atoms with Crippen molar-refractivity contribution in [3.63, 3.8) is 0 Å². The Morgan fingerprint density at radius 2 is 1.53 bits per heavy atom. The van der Waals surface area contributed by atoms with Crippen molar-refractivity contribution in [1.29, 1.82) is 0 Å². The molecule has 5 rings (SSSR count). The van der Waals surface area contributed by atoms with Crippen molar-refractivity contribution in [1.82, 2.24) is 0 Å². The molecule has 0 fully saturated rings. The number of benzene rings is 5. The van der Waals surface area contributed by atoms with Gasteiger partial charge in [-0.25, -0.2) is 0 Å². The highest BCUT2D eigenvalue weighted by atomic mass is 16.5. The van der Waals surface area contributed by atoms with Gasteiger partial charge in [-0.3, -0.25) is 4.79 Å². The second-order valence-corrected chi connectivity index (χ2v) is 11.2. The molecule has 0 aliphatic rings. The van der Waals surface area contributed by atoms with Gasteiger partial charge < -0.3 is 14.6 Å². The second-order valence-electron chi connectivity index (χ2n) is 11.2. The second kappa shape index (κ2) is 13.4. The van der Waals surface area contributed by atoms with Gasteiger partial charge in [-0.2, -0.15) is 0 Å². The number of fused-ring (bicyclic) bond motifs is 2. The Labute approximate surface area is 253 Å². The van der Waals surface area contributed by atoms with E-state index in [4.69, 9.17) is 9.47 Å². The van der Waals surface area contributed by atoms with E-state index in [0.29, 0.717) is 12.2 Å². The van der Waals surface area contributed by atoms with E-state index in [0.717, 1.165) is 56.8 Å². The maximum Gasteiger partial charge on any atom is 0.319 e. The Bertz CT molecular complexity index is 1800. The molecule has 4 heteroatoms. The third-order valence-corrected chi connectivity index (χ3v) is 7.85. The fourth-order valence-electron chi connectivity index (χ4n) is 5.54. The first-order valence-corrected chi connectivity index (χ1v) is 14.7. The molecule has 0 aromatic heterocycles. The molecule has 0 aliphatic heterocycles. The average molecular weight is 571 g/mol. The van der Waals surface area contributed by atoms with Crippen LogP contribution in [0.5, 0.6) is 17.2 Å². The van der Waals surface area contributed by atoms with Crippen LogP contribution in [-0.2, 0) is 4.79 Å². The van der Waals surface area contributed by atoms with Crippen LogP contribution < -0.4 is 9.47 Å². The first-order valence-electron chi connectivity index (χ1n) is 14.7. The lowest BCUT2D eigenvalue weighted by Gasteiger charge is -2.19. The molecular weight excluding hydrogens is 532 g/mol. The summed E-state index contributed by atoms with van der Waals surface area (Å²) >= 11 is 0. The number of allylic oxidation sites excluding steroid dienone is 4. The molecule has 0 saturated heterocycles. The topological polar surface area (TPSA) is 55.8 Å². The van der Waals surface area contributed by atoms with Gasteiger partial charge in [0.05, 0.1) is 13.0 Å². The van der Waals surface area contributed by atoms with Crippen molar-refractivity contribution in [3.05, 3.63) is 126 Å². The van der Waals surface area contributed by atoms with Gasteiger partial charge in [0.25, 0.3) is 0 Å². The van der Waals surface area contributed by atoms with Crippen LogP contribution in [0, 0.1) is 0 Å². The van der Waals surface area contributed by atoms with Crippen LogP contribution in [0.2, 0.25) is 0 Å². The Balaban J connectivity index is 1.56. The molecule has 0 spiro atoms. The molecule has 0 radical (unpaired) electrons. The summed E-state index contributed by atoms with van der Waals surface area (Å²) in [5, 5.41) is 14.5. The number of rotatable bonds is 10. The molecule has 0 amide bonds. The lowest BCUT2D eigenvalue weighted by molar-refractivity contribution is -0.136. The summed E-state index contributed by atoms with van der Waals surface area (Å²) in [6.45, 7) is 6.33. The standard InChI is InChI=1S/C39H38O4/c1-26(2)10-7-11-27(3)18-24-33(29-19-22-31(42-4)23-20-29)39(41)43-36-25-21-28-12-5-6-15-32(28)38(36)34-16-8-13-30-14-9-17-35(40)37(30)34/h5-6,8-10,12-23,25,33,40H,7,11,24H2,1-4H3/b27-18+/t33-/m0/s1. The number of ether oxygens (including phenoxy) is 2. The molecule has 0 saturated carbocycles. The Morgan fingerprint density at radius 3 is 2.28 bits per heavy atom. The van der Waals surface area contributed by atoms with Crippen molar-refractivity contribution >= 4 is 27.5 Å². The number of carbonyl (C=O) groups excluding carboxylic acids is 1. The zero-order chi connectivity index (χ0) is 30.3. The van der Waals surface area contributed by atoms with Crippen LogP contribution in [0.15, 0.2) is 120 Å². The molecular formula is C39H38O4. The van der Waals surface area contributed by atoms with Gasteiger partial charge >= 0.3 is 5.97 Å². The lowest BCUT2D eigenvalue weighted by atomic mass is 9.92. The van der Waals surface area contributed by atoms with E-state index in [1.165, 1.54) is 11.1 Å². The molecule has 0 bridgehead atoms. The minimum Gasteiger partial charge on any atom is -0.507 e. The third kappa shape index (κ3) is 6.81. The van der Waals surface area contributed by atoms with E-state index in [1.54, 1.807) is 13.2 Å². The summed E-state index contributed by atoms with van der Waals surface area (Å²) in [6, 6.07) is 30.9. The quantitative estimate of drug-likeness (QED) is 0.103. The highest BCUT2D eigenvalue weighted by molar-refractivity contribution is 6.10.